The zero-order chi connectivity index (χ0) is 22.6. The average Bonchev–Trinajstić information content (AvgIpc) is 3.11. The number of aromatic hydroxyl groups is 1. The van der Waals surface area contributed by atoms with Crippen LogP contribution in [0, 0.1) is 18.6 Å². The molecule has 32 heavy (non-hydrogen) atoms. The second-order valence-corrected chi connectivity index (χ2v) is 7.28. The number of nitrogen functional groups attached to an aromatic ring is 1. The van der Waals surface area contributed by atoms with Gasteiger partial charge in [-0.2, -0.15) is 5.10 Å². The Labute approximate surface area is 179 Å². The number of phenolic OH excluding ortho intramolecular Hbond substituents is 1. The molecule has 0 saturated heterocycles. The summed E-state index contributed by atoms with van der Waals surface area (Å²) in [5.41, 5.74) is 7.80. The van der Waals surface area contributed by atoms with Crippen LogP contribution in [0.3, 0.4) is 0 Å². The predicted octanol–water partition coefficient (Wildman–Crippen LogP) is 4.53. The number of benzene rings is 3. The van der Waals surface area contributed by atoms with Gasteiger partial charge in [-0.15, -0.1) is 0 Å². The Hall–Kier alpha value is -4.40. The lowest BCUT2D eigenvalue weighted by Gasteiger charge is -2.13. The zero-order valence-corrected chi connectivity index (χ0v) is 16.7. The minimum absolute atomic E-state index is 0.0864. The second-order valence-electron chi connectivity index (χ2n) is 7.28. The van der Waals surface area contributed by atoms with E-state index in [1.165, 1.54) is 22.9 Å². The van der Waals surface area contributed by atoms with Gasteiger partial charge in [0.1, 0.15) is 16.7 Å². The highest BCUT2D eigenvalue weighted by Gasteiger charge is 2.20. The minimum atomic E-state index is -0.903. The number of phenols is 1. The molecule has 160 valence electrons. The van der Waals surface area contributed by atoms with Crippen LogP contribution in [0.5, 0.6) is 17.2 Å². The molecule has 9 heteroatoms. The maximum atomic E-state index is 13.9. The summed E-state index contributed by atoms with van der Waals surface area (Å²) in [7, 11) is 0. The van der Waals surface area contributed by atoms with E-state index in [1.54, 1.807) is 19.1 Å². The number of H-pyrrole nitrogens is 1. The quantitative estimate of drug-likeness (QED) is 0.387. The lowest BCUT2D eigenvalue weighted by atomic mass is 10.1. The molecule has 3 aromatic carbocycles. The van der Waals surface area contributed by atoms with Crippen LogP contribution < -0.4 is 16.0 Å². The van der Waals surface area contributed by atoms with E-state index < -0.39 is 17.4 Å². The number of nitrogens with two attached hydrogens (primary N) is 1. The first kappa shape index (κ1) is 19.6. The standard InChI is InChI=1S/C23H16F2N4O3/c1-11-9-18(32-21-13(24)6-4-7-14(21)25)17(30)10-16(11)29-22(26)19-20(28-29)12-5-2-3-8-15(12)27-23(19)31/h2-10,30H,26H2,1H3,(H,27,31). The van der Waals surface area contributed by atoms with E-state index in [4.69, 9.17) is 10.5 Å². The summed E-state index contributed by atoms with van der Waals surface area (Å²) in [6, 6.07) is 13.2. The first-order valence-electron chi connectivity index (χ1n) is 9.60. The number of aromatic amines is 1. The number of rotatable bonds is 3. The Kier molecular flexibility index (Phi) is 4.33. The predicted molar refractivity (Wildman–Crippen MR) is 116 cm³/mol. The van der Waals surface area contributed by atoms with Crippen LogP contribution in [0.1, 0.15) is 5.56 Å². The number of hydrogen-bond acceptors (Lipinski definition) is 5. The molecule has 0 atom stereocenters. The molecule has 0 aliphatic carbocycles. The summed E-state index contributed by atoms with van der Waals surface area (Å²) in [5.74, 6) is -2.87. The number of anilines is 1. The average molecular weight is 434 g/mol. The van der Waals surface area contributed by atoms with Gasteiger partial charge in [0.15, 0.2) is 28.9 Å². The molecular weight excluding hydrogens is 418 g/mol. The fourth-order valence-electron chi connectivity index (χ4n) is 3.67. The van der Waals surface area contributed by atoms with Crippen molar-refractivity contribution in [2.24, 2.45) is 0 Å². The normalized spacial score (nSPS) is 11.3. The van der Waals surface area contributed by atoms with Crippen LogP contribution in [0.4, 0.5) is 14.6 Å². The van der Waals surface area contributed by atoms with E-state index in [2.05, 4.69) is 10.1 Å². The van der Waals surface area contributed by atoms with Crippen LogP contribution in [0.2, 0.25) is 0 Å². The van der Waals surface area contributed by atoms with Crippen molar-refractivity contribution in [1.29, 1.82) is 0 Å². The van der Waals surface area contributed by atoms with Crippen molar-refractivity contribution < 1.29 is 18.6 Å². The van der Waals surface area contributed by atoms with Gasteiger partial charge in [-0.05, 0) is 36.8 Å². The van der Waals surface area contributed by atoms with E-state index in [0.717, 1.165) is 12.1 Å². The van der Waals surface area contributed by atoms with Crippen LogP contribution in [0.15, 0.2) is 59.4 Å². The molecule has 0 amide bonds. The lowest BCUT2D eigenvalue weighted by Crippen LogP contribution is -2.08. The van der Waals surface area contributed by atoms with Crippen LogP contribution in [0.25, 0.3) is 27.5 Å². The summed E-state index contributed by atoms with van der Waals surface area (Å²) in [5, 5.41) is 15.9. The first-order chi connectivity index (χ1) is 15.3. The summed E-state index contributed by atoms with van der Waals surface area (Å²) < 4.78 is 34.5. The smallest absolute Gasteiger partial charge is 0.261 e. The van der Waals surface area contributed by atoms with Crippen molar-refractivity contribution in [3.63, 3.8) is 0 Å². The van der Waals surface area contributed by atoms with Crippen molar-refractivity contribution in [3.05, 3.63) is 82.1 Å². The van der Waals surface area contributed by atoms with Crippen LogP contribution in [-0.2, 0) is 0 Å². The highest BCUT2D eigenvalue weighted by atomic mass is 19.1. The summed E-state index contributed by atoms with van der Waals surface area (Å²) >= 11 is 0. The van der Waals surface area contributed by atoms with Crippen molar-refractivity contribution in [2.75, 3.05) is 5.73 Å². The molecule has 0 radical (unpaired) electrons. The minimum Gasteiger partial charge on any atom is -0.504 e. The summed E-state index contributed by atoms with van der Waals surface area (Å²) in [6.07, 6.45) is 0. The molecular formula is C23H16F2N4O3. The number of aryl methyl sites for hydroxylation is 1. The third-order valence-corrected chi connectivity index (χ3v) is 5.22. The zero-order valence-electron chi connectivity index (χ0n) is 16.7. The van der Waals surface area contributed by atoms with Gasteiger partial charge < -0.3 is 20.6 Å². The van der Waals surface area contributed by atoms with Crippen molar-refractivity contribution in [2.45, 2.75) is 6.92 Å². The van der Waals surface area contributed by atoms with E-state index in [-0.39, 0.29) is 28.3 Å². The van der Waals surface area contributed by atoms with E-state index >= 15 is 0 Å². The number of aromatic nitrogens is 3. The van der Waals surface area contributed by atoms with Crippen LogP contribution >= 0.6 is 0 Å². The Morgan fingerprint density at radius 3 is 2.56 bits per heavy atom. The maximum absolute atomic E-state index is 13.9. The fraction of sp³-hybridized carbons (Fsp3) is 0.0435. The molecule has 4 N–H and O–H groups in total. The number of ether oxygens (including phenoxy) is 1. The maximum Gasteiger partial charge on any atom is 0.261 e. The molecule has 0 saturated carbocycles. The first-order valence-corrected chi connectivity index (χ1v) is 9.60. The van der Waals surface area contributed by atoms with Gasteiger partial charge in [-0.25, -0.2) is 13.5 Å². The monoisotopic (exact) mass is 434 g/mol. The Balaban J connectivity index is 1.67. The second kappa shape index (κ2) is 7.09. The number of halogens is 2. The molecule has 0 aliphatic heterocycles. The number of nitrogens with zero attached hydrogens (tertiary/aromatic N) is 2. The van der Waals surface area contributed by atoms with E-state index in [1.807, 2.05) is 12.1 Å². The SMILES string of the molecule is Cc1cc(Oc2c(F)cccc2F)c(O)cc1-n1nc2c(c1N)c(=O)[nH]c1ccccc12. The number of fused-ring (bicyclic) bond motifs is 3. The molecule has 2 aromatic heterocycles. The highest BCUT2D eigenvalue weighted by molar-refractivity contribution is 6.06. The molecule has 2 heterocycles. The van der Waals surface area contributed by atoms with Gasteiger partial charge in [-0.1, -0.05) is 24.3 Å². The number of nitrogens with one attached hydrogen (secondary N) is 1. The molecule has 5 rings (SSSR count). The van der Waals surface area contributed by atoms with Gasteiger partial charge in [0, 0.05) is 11.5 Å². The molecule has 7 nitrogen and oxygen atoms in total. The lowest BCUT2D eigenvalue weighted by molar-refractivity contribution is 0.376. The molecule has 0 aliphatic rings. The Morgan fingerprint density at radius 1 is 1.09 bits per heavy atom. The van der Waals surface area contributed by atoms with Gasteiger partial charge >= 0.3 is 0 Å². The Bertz CT molecular complexity index is 1570. The topological polar surface area (TPSA) is 106 Å². The molecule has 5 aromatic rings. The largest absolute Gasteiger partial charge is 0.504 e. The third-order valence-electron chi connectivity index (χ3n) is 5.22. The molecule has 0 unspecified atom stereocenters. The molecule has 0 bridgehead atoms. The highest BCUT2D eigenvalue weighted by Crippen LogP contribution is 2.37. The van der Waals surface area contributed by atoms with Crippen molar-refractivity contribution in [1.82, 2.24) is 14.8 Å². The van der Waals surface area contributed by atoms with Crippen molar-refractivity contribution >= 4 is 27.6 Å². The van der Waals surface area contributed by atoms with Gasteiger partial charge in [0.05, 0.1) is 11.2 Å². The van der Waals surface area contributed by atoms with Gasteiger partial charge in [0.2, 0.25) is 0 Å². The van der Waals surface area contributed by atoms with Crippen molar-refractivity contribution in [3.8, 4) is 22.9 Å². The third kappa shape index (κ3) is 2.94. The van der Waals surface area contributed by atoms with Crippen LogP contribution in [-0.4, -0.2) is 19.9 Å². The number of hydrogen-bond donors (Lipinski definition) is 3. The van der Waals surface area contributed by atoms with E-state index in [9.17, 15) is 18.7 Å². The number of para-hydroxylation sites is 2. The van der Waals surface area contributed by atoms with E-state index in [0.29, 0.717) is 27.7 Å². The summed E-state index contributed by atoms with van der Waals surface area (Å²) in [6.45, 7) is 1.69. The fourth-order valence-corrected chi connectivity index (χ4v) is 3.67. The number of pyridine rings is 1. The van der Waals surface area contributed by atoms with Gasteiger partial charge in [0.25, 0.3) is 5.56 Å². The Morgan fingerprint density at radius 2 is 1.81 bits per heavy atom. The molecule has 0 fully saturated rings. The molecule has 0 spiro atoms. The summed E-state index contributed by atoms with van der Waals surface area (Å²) in [4.78, 5) is 15.4. The van der Waals surface area contributed by atoms with Gasteiger partial charge in [-0.3, -0.25) is 4.79 Å².